The van der Waals surface area contributed by atoms with E-state index in [0.29, 0.717) is 31.8 Å². The summed E-state index contributed by atoms with van der Waals surface area (Å²) in [7, 11) is 0. The van der Waals surface area contributed by atoms with Crippen LogP contribution in [0.2, 0.25) is 0 Å². The summed E-state index contributed by atoms with van der Waals surface area (Å²) in [6.45, 7) is 5.16. The molecule has 3 aromatic rings. The molecule has 1 amide bonds. The molecule has 2 heterocycles. The van der Waals surface area contributed by atoms with Crippen LogP contribution in [0.1, 0.15) is 78.8 Å². The first-order valence-corrected chi connectivity index (χ1v) is 12.3. The number of amides is 1. The molecule has 6 nitrogen and oxygen atoms in total. The van der Waals surface area contributed by atoms with Crippen LogP contribution in [0.4, 0.5) is 0 Å². The molecule has 178 valence electrons. The molecule has 1 aliphatic rings. The topological polar surface area (TPSA) is 75.4 Å². The summed E-state index contributed by atoms with van der Waals surface area (Å²) >= 11 is 0. The van der Waals surface area contributed by atoms with E-state index in [-0.39, 0.29) is 17.5 Å². The highest BCUT2D eigenvalue weighted by Crippen LogP contribution is 2.29. The van der Waals surface area contributed by atoms with Gasteiger partial charge in [0.1, 0.15) is 5.82 Å². The molecule has 1 saturated heterocycles. The lowest BCUT2D eigenvalue weighted by atomic mass is 9.99. The summed E-state index contributed by atoms with van der Waals surface area (Å²) in [5.41, 5.74) is 1.49. The van der Waals surface area contributed by atoms with Gasteiger partial charge in [-0.2, -0.15) is 4.98 Å². The molecular formula is C28H33N3O3. The number of likely N-dealkylation sites (tertiary alicyclic amines) is 1. The second-order valence-corrected chi connectivity index (χ2v) is 8.99. The van der Waals surface area contributed by atoms with Crippen molar-refractivity contribution in [2.45, 2.75) is 57.9 Å². The molecule has 1 aliphatic heterocycles. The lowest BCUT2D eigenvalue weighted by Crippen LogP contribution is -2.38. The fourth-order valence-electron chi connectivity index (χ4n) is 4.93. The quantitative estimate of drug-likeness (QED) is 0.519. The van der Waals surface area contributed by atoms with Crippen molar-refractivity contribution in [1.29, 1.82) is 0 Å². The van der Waals surface area contributed by atoms with Gasteiger partial charge in [-0.15, -0.1) is 0 Å². The average molecular weight is 460 g/mol. The Labute approximate surface area is 200 Å². The number of aromatic hydroxyl groups is 1. The average Bonchev–Trinajstić information content (AvgIpc) is 3.36. The smallest absolute Gasteiger partial charge is 0.270 e. The van der Waals surface area contributed by atoms with Crippen LogP contribution in [-0.4, -0.2) is 38.6 Å². The molecule has 1 aromatic heterocycles. The fourth-order valence-corrected chi connectivity index (χ4v) is 4.93. The van der Waals surface area contributed by atoms with Crippen molar-refractivity contribution < 1.29 is 9.90 Å². The van der Waals surface area contributed by atoms with Gasteiger partial charge in [-0.3, -0.25) is 14.2 Å². The first kappa shape index (κ1) is 23.7. The molecule has 1 N–H and O–H groups in total. The van der Waals surface area contributed by atoms with Gasteiger partial charge in [-0.25, -0.2) is 0 Å². The molecule has 0 unspecified atom stereocenters. The van der Waals surface area contributed by atoms with E-state index in [9.17, 15) is 14.7 Å². The van der Waals surface area contributed by atoms with E-state index < -0.39 is 17.3 Å². The number of carbonyl (C=O) groups excluding carboxylic acids is 1. The molecule has 0 radical (unpaired) electrons. The fraction of sp³-hybridized carbons (Fsp3) is 0.393. The molecule has 0 bridgehead atoms. The number of rotatable bonds is 8. The Bertz CT molecular complexity index is 1170. The Kier molecular flexibility index (Phi) is 7.46. The zero-order valence-corrected chi connectivity index (χ0v) is 20.0. The summed E-state index contributed by atoms with van der Waals surface area (Å²) in [6.07, 6.45) is 3.84. The van der Waals surface area contributed by atoms with Crippen molar-refractivity contribution in [1.82, 2.24) is 14.5 Å². The monoisotopic (exact) mass is 459 g/mol. The molecule has 1 fully saturated rings. The molecule has 4 rings (SSSR count). The van der Waals surface area contributed by atoms with Crippen LogP contribution in [0.25, 0.3) is 0 Å². The van der Waals surface area contributed by atoms with Crippen LogP contribution >= 0.6 is 0 Å². The molecule has 2 aromatic carbocycles. The Morgan fingerprint density at radius 2 is 1.76 bits per heavy atom. The van der Waals surface area contributed by atoms with Gasteiger partial charge in [0, 0.05) is 25.4 Å². The van der Waals surface area contributed by atoms with Gasteiger partial charge < -0.3 is 10.0 Å². The van der Waals surface area contributed by atoms with Crippen molar-refractivity contribution >= 4 is 5.91 Å². The van der Waals surface area contributed by atoms with Crippen molar-refractivity contribution in [3.05, 3.63) is 93.5 Å². The largest absolute Gasteiger partial charge is 0.493 e. The van der Waals surface area contributed by atoms with Crippen LogP contribution in [0.5, 0.6) is 5.88 Å². The number of aromatic nitrogens is 2. The van der Waals surface area contributed by atoms with Gasteiger partial charge in [0.05, 0.1) is 6.04 Å². The lowest BCUT2D eigenvalue weighted by molar-refractivity contribution is 0.0783. The zero-order valence-electron chi connectivity index (χ0n) is 20.0. The minimum absolute atomic E-state index is 0.219. The van der Waals surface area contributed by atoms with Crippen molar-refractivity contribution in [2.24, 2.45) is 0 Å². The van der Waals surface area contributed by atoms with Crippen molar-refractivity contribution in [3.8, 4) is 5.88 Å². The highest BCUT2D eigenvalue weighted by molar-refractivity contribution is 5.96. The van der Waals surface area contributed by atoms with E-state index in [1.807, 2.05) is 55.5 Å². The van der Waals surface area contributed by atoms with Gasteiger partial charge in [0.15, 0.2) is 5.56 Å². The number of benzene rings is 2. The van der Waals surface area contributed by atoms with Gasteiger partial charge in [-0.05, 0) is 30.4 Å². The summed E-state index contributed by atoms with van der Waals surface area (Å²) < 4.78 is 1.64. The first-order valence-electron chi connectivity index (χ1n) is 12.3. The van der Waals surface area contributed by atoms with Crippen LogP contribution in [-0.2, 0) is 6.42 Å². The predicted molar refractivity (Wildman–Crippen MR) is 133 cm³/mol. The number of hydrogen-bond acceptors (Lipinski definition) is 4. The Morgan fingerprint density at radius 1 is 1.09 bits per heavy atom. The number of hydrogen-bond donors (Lipinski definition) is 1. The Morgan fingerprint density at radius 3 is 2.41 bits per heavy atom. The second kappa shape index (κ2) is 10.7. The normalized spacial score (nSPS) is 16.5. The van der Waals surface area contributed by atoms with E-state index >= 15 is 0 Å². The molecular weight excluding hydrogens is 426 g/mol. The molecule has 0 saturated carbocycles. The van der Waals surface area contributed by atoms with Crippen LogP contribution in [0.3, 0.4) is 0 Å². The SMILES string of the molecule is CCCCc1nc(O)c(C(=O)N2CC[C@H](c3ccccc3)C2)c(=O)n1[C@@H](CC)c1ccccc1. The van der Waals surface area contributed by atoms with Gasteiger partial charge in [-0.1, -0.05) is 80.9 Å². The lowest BCUT2D eigenvalue weighted by Gasteiger charge is -2.24. The molecule has 0 aliphatic carbocycles. The third-order valence-corrected chi connectivity index (χ3v) is 6.77. The van der Waals surface area contributed by atoms with Gasteiger partial charge in [0.25, 0.3) is 11.5 Å². The van der Waals surface area contributed by atoms with E-state index in [0.717, 1.165) is 24.8 Å². The van der Waals surface area contributed by atoms with E-state index in [2.05, 4.69) is 24.0 Å². The number of nitrogens with zero attached hydrogens (tertiary/aromatic N) is 3. The van der Waals surface area contributed by atoms with Crippen LogP contribution in [0.15, 0.2) is 65.5 Å². The minimum atomic E-state index is -0.456. The Balaban J connectivity index is 1.72. The summed E-state index contributed by atoms with van der Waals surface area (Å²) in [5.74, 6) is -0.144. The first-order chi connectivity index (χ1) is 16.5. The van der Waals surface area contributed by atoms with Crippen molar-refractivity contribution in [2.75, 3.05) is 13.1 Å². The van der Waals surface area contributed by atoms with E-state index in [4.69, 9.17) is 0 Å². The molecule has 34 heavy (non-hydrogen) atoms. The highest BCUT2D eigenvalue weighted by Gasteiger charge is 2.33. The van der Waals surface area contributed by atoms with Gasteiger partial charge in [0.2, 0.25) is 5.88 Å². The highest BCUT2D eigenvalue weighted by atomic mass is 16.3. The van der Waals surface area contributed by atoms with Crippen LogP contribution in [0, 0.1) is 0 Å². The van der Waals surface area contributed by atoms with E-state index in [1.54, 1.807) is 9.47 Å². The number of carbonyl (C=O) groups is 1. The summed E-state index contributed by atoms with van der Waals surface area (Å²) in [5, 5.41) is 10.8. The maximum atomic E-state index is 13.8. The standard InChI is InChI=1S/C28H33N3O3/c1-3-5-16-24-29-26(32)25(28(34)31(24)23(4-2)21-14-10-7-11-15-21)27(33)30-18-17-22(19-30)20-12-8-6-9-13-20/h6-15,22-23,32H,3-5,16-19H2,1-2H3/t22-,23-/m0/s1. The number of unbranched alkanes of at least 4 members (excludes halogenated alkanes) is 1. The summed E-state index contributed by atoms with van der Waals surface area (Å²) in [4.78, 5) is 33.4. The van der Waals surface area contributed by atoms with Gasteiger partial charge >= 0.3 is 0 Å². The maximum Gasteiger partial charge on any atom is 0.270 e. The Hall–Kier alpha value is -3.41. The molecule has 0 spiro atoms. The van der Waals surface area contributed by atoms with Crippen molar-refractivity contribution in [3.63, 3.8) is 0 Å². The molecule has 6 heteroatoms. The minimum Gasteiger partial charge on any atom is -0.493 e. The number of aryl methyl sites for hydroxylation is 1. The van der Waals surface area contributed by atoms with E-state index in [1.165, 1.54) is 5.56 Å². The second-order valence-electron chi connectivity index (χ2n) is 8.99. The molecule has 2 atom stereocenters. The zero-order chi connectivity index (χ0) is 24.1. The third kappa shape index (κ3) is 4.76. The summed E-state index contributed by atoms with van der Waals surface area (Å²) in [6, 6.07) is 19.7. The van der Waals surface area contributed by atoms with Crippen LogP contribution < -0.4 is 5.56 Å². The predicted octanol–water partition coefficient (Wildman–Crippen LogP) is 4.92. The maximum absolute atomic E-state index is 13.8. The third-order valence-electron chi connectivity index (χ3n) is 6.77.